The number of rotatable bonds is 5. The molecule has 0 saturated carbocycles. The quantitative estimate of drug-likeness (QED) is 0.409. The van der Waals surface area contributed by atoms with Crippen molar-refractivity contribution in [2.24, 2.45) is 0 Å². The Kier molecular flexibility index (Phi) is 5.43. The summed E-state index contributed by atoms with van der Waals surface area (Å²) in [5.41, 5.74) is 1.80. The predicted octanol–water partition coefficient (Wildman–Crippen LogP) is 0.314. The molecule has 2 aliphatic rings. The standard InChI is InChI=1S/C19H21N3O6/c1-3-8-20-16(24)17(25)22(19(20)27)11-15(23)21-10-13-7-5-4-6-12(13)9-14(21)18(26)28-2/h4-7,14H,3,8-11H2,1-2H3/t14-/m1/s1. The Morgan fingerprint density at radius 2 is 1.71 bits per heavy atom. The fraction of sp³-hybridized carbons (Fsp3) is 0.421. The molecule has 9 nitrogen and oxygen atoms in total. The van der Waals surface area contributed by atoms with E-state index in [1.807, 2.05) is 24.3 Å². The lowest BCUT2D eigenvalue weighted by atomic mass is 9.94. The molecular weight excluding hydrogens is 366 g/mol. The van der Waals surface area contributed by atoms with Gasteiger partial charge >= 0.3 is 23.8 Å². The molecule has 1 atom stereocenters. The van der Waals surface area contributed by atoms with Crippen LogP contribution in [0.3, 0.4) is 0 Å². The van der Waals surface area contributed by atoms with Crippen LogP contribution < -0.4 is 0 Å². The number of urea groups is 1. The summed E-state index contributed by atoms with van der Waals surface area (Å²) in [5.74, 6) is -3.14. The molecule has 0 N–H and O–H groups in total. The van der Waals surface area contributed by atoms with Crippen LogP contribution in [0.4, 0.5) is 4.79 Å². The van der Waals surface area contributed by atoms with Crippen molar-refractivity contribution in [3.05, 3.63) is 35.4 Å². The summed E-state index contributed by atoms with van der Waals surface area (Å²) in [6, 6.07) is 5.73. The van der Waals surface area contributed by atoms with Gasteiger partial charge in [-0.2, -0.15) is 0 Å². The smallest absolute Gasteiger partial charge is 0.334 e. The number of carbonyl (C=O) groups excluding carboxylic acids is 5. The summed E-state index contributed by atoms with van der Waals surface area (Å²) in [6.07, 6.45) is 0.775. The second-order valence-electron chi connectivity index (χ2n) is 6.66. The maximum absolute atomic E-state index is 12.9. The molecule has 1 saturated heterocycles. The summed E-state index contributed by atoms with van der Waals surface area (Å²) in [7, 11) is 1.24. The second kappa shape index (κ2) is 7.79. The molecule has 0 spiro atoms. The second-order valence-corrected chi connectivity index (χ2v) is 6.66. The van der Waals surface area contributed by atoms with E-state index in [4.69, 9.17) is 4.74 Å². The van der Waals surface area contributed by atoms with Gasteiger partial charge < -0.3 is 9.64 Å². The first-order valence-corrected chi connectivity index (χ1v) is 9.00. The minimum Gasteiger partial charge on any atom is -0.467 e. The van der Waals surface area contributed by atoms with Crippen molar-refractivity contribution < 1.29 is 28.7 Å². The van der Waals surface area contributed by atoms with E-state index in [1.165, 1.54) is 12.0 Å². The summed E-state index contributed by atoms with van der Waals surface area (Å²) in [4.78, 5) is 64.3. The maximum atomic E-state index is 12.9. The topological polar surface area (TPSA) is 104 Å². The number of fused-ring (bicyclic) bond motifs is 1. The number of amides is 5. The van der Waals surface area contributed by atoms with E-state index in [0.29, 0.717) is 11.3 Å². The fourth-order valence-electron chi connectivity index (χ4n) is 3.47. The third-order valence-corrected chi connectivity index (χ3v) is 4.92. The number of nitrogens with zero attached hydrogens (tertiary/aromatic N) is 3. The SMILES string of the molecule is CCCN1C(=O)C(=O)N(CC(=O)N2Cc3ccccc3C[C@@H]2C(=O)OC)C1=O. The van der Waals surface area contributed by atoms with Crippen LogP contribution in [-0.4, -0.2) is 70.7 Å². The van der Waals surface area contributed by atoms with Crippen molar-refractivity contribution >= 4 is 29.7 Å². The highest BCUT2D eigenvalue weighted by atomic mass is 16.5. The molecule has 0 aromatic heterocycles. The monoisotopic (exact) mass is 387 g/mol. The molecule has 1 fully saturated rings. The van der Waals surface area contributed by atoms with Gasteiger partial charge in [-0.3, -0.25) is 19.3 Å². The van der Waals surface area contributed by atoms with Gasteiger partial charge in [0.1, 0.15) is 12.6 Å². The fourth-order valence-corrected chi connectivity index (χ4v) is 3.47. The van der Waals surface area contributed by atoms with Crippen LogP contribution in [0.25, 0.3) is 0 Å². The van der Waals surface area contributed by atoms with E-state index in [-0.39, 0.29) is 19.5 Å². The van der Waals surface area contributed by atoms with Crippen molar-refractivity contribution in [1.82, 2.24) is 14.7 Å². The Morgan fingerprint density at radius 1 is 1.07 bits per heavy atom. The first-order valence-electron chi connectivity index (χ1n) is 9.00. The maximum Gasteiger partial charge on any atom is 0.334 e. The molecule has 1 aromatic rings. The molecule has 0 bridgehead atoms. The van der Waals surface area contributed by atoms with Crippen LogP contribution in [0.15, 0.2) is 24.3 Å². The van der Waals surface area contributed by atoms with Gasteiger partial charge in [0.2, 0.25) is 5.91 Å². The van der Waals surface area contributed by atoms with Crippen LogP contribution in [0.5, 0.6) is 0 Å². The number of hydrogen-bond acceptors (Lipinski definition) is 6. The lowest BCUT2D eigenvalue weighted by Crippen LogP contribution is -2.52. The largest absolute Gasteiger partial charge is 0.467 e. The van der Waals surface area contributed by atoms with Crippen LogP contribution in [-0.2, 0) is 36.9 Å². The molecular formula is C19H21N3O6. The van der Waals surface area contributed by atoms with Gasteiger partial charge in [0.25, 0.3) is 0 Å². The number of methoxy groups -OCH3 is 1. The van der Waals surface area contributed by atoms with Crippen molar-refractivity contribution in [2.75, 3.05) is 20.2 Å². The molecule has 5 amide bonds. The lowest BCUT2D eigenvalue weighted by Gasteiger charge is -2.35. The number of benzene rings is 1. The normalized spacial score (nSPS) is 19.1. The van der Waals surface area contributed by atoms with Crippen LogP contribution >= 0.6 is 0 Å². The molecule has 9 heteroatoms. The Balaban J connectivity index is 1.82. The van der Waals surface area contributed by atoms with Gasteiger partial charge in [0.05, 0.1) is 7.11 Å². The first kappa shape index (κ1) is 19.5. The molecule has 148 valence electrons. The van der Waals surface area contributed by atoms with Crippen molar-refractivity contribution in [3.63, 3.8) is 0 Å². The zero-order valence-electron chi connectivity index (χ0n) is 15.7. The molecule has 1 aromatic carbocycles. The Labute approximate surface area is 161 Å². The molecule has 28 heavy (non-hydrogen) atoms. The average Bonchev–Trinajstić information content (AvgIpc) is 2.90. The van der Waals surface area contributed by atoms with E-state index in [1.54, 1.807) is 6.92 Å². The lowest BCUT2D eigenvalue weighted by molar-refractivity contribution is -0.154. The van der Waals surface area contributed by atoms with Crippen molar-refractivity contribution in [1.29, 1.82) is 0 Å². The highest BCUT2D eigenvalue weighted by Crippen LogP contribution is 2.25. The minimum atomic E-state index is -1.03. The molecule has 0 aliphatic carbocycles. The van der Waals surface area contributed by atoms with Gasteiger partial charge in [0, 0.05) is 19.5 Å². The Bertz CT molecular complexity index is 852. The highest BCUT2D eigenvalue weighted by molar-refractivity contribution is 6.45. The van der Waals surface area contributed by atoms with Gasteiger partial charge in [-0.15, -0.1) is 0 Å². The molecule has 3 rings (SSSR count). The van der Waals surface area contributed by atoms with Crippen LogP contribution in [0.2, 0.25) is 0 Å². The number of carbonyl (C=O) groups is 5. The van der Waals surface area contributed by atoms with Crippen molar-refractivity contribution in [3.8, 4) is 0 Å². The minimum absolute atomic E-state index is 0.107. The summed E-state index contributed by atoms with van der Waals surface area (Å²) >= 11 is 0. The number of esters is 1. The summed E-state index contributed by atoms with van der Waals surface area (Å²) in [5, 5.41) is 0. The molecule has 0 unspecified atom stereocenters. The zero-order chi connectivity index (χ0) is 20.4. The first-order chi connectivity index (χ1) is 13.4. The van der Waals surface area contributed by atoms with Crippen LogP contribution in [0.1, 0.15) is 24.5 Å². The number of imide groups is 2. The Hall–Kier alpha value is -3.23. The van der Waals surface area contributed by atoms with Crippen molar-refractivity contribution in [2.45, 2.75) is 32.4 Å². The number of ether oxygens (including phenoxy) is 1. The summed E-state index contributed by atoms with van der Waals surface area (Å²) < 4.78 is 4.82. The molecule has 0 radical (unpaired) electrons. The molecule has 2 heterocycles. The van der Waals surface area contributed by atoms with Gasteiger partial charge in [-0.25, -0.2) is 14.5 Å². The Morgan fingerprint density at radius 3 is 2.36 bits per heavy atom. The third kappa shape index (κ3) is 3.35. The van der Waals surface area contributed by atoms with E-state index in [0.717, 1.165) is 16.0 Å². The number of hydrogen-bond donors (Lipinski definition) is 0. The van der Waals surface area contributed by atoms with E-state index >= 15 is 0 Å². The van der Waals surface area contributed by atoms with Gasteiger partial charge in [-0.05, 0) is 17.5 Å². The van der Waals surface area contributed by atoms with E-state index in [9.17, 15) is 24.0 Å². The zero-order valence-corrected chi connectivity index (χ0v) is 15.7. The van der Waals surface area contributed by atoms with E-state index in [2.05, 4.69) is 0 Å². The van der Waals surface area contributed by atoms with E-state index < -0.39 is 42.3 Å². The van der Waals surface area contributed by atoms with Gasteiger partial charge in [0.15, 0.2) is 0 Å². The highest BCUT2D eigenvalue weighted by Gasteiger charge is 2.46. The predicted molar refractivity (Wildman–Crippen MR) is 95.6 cm³/mol. The van der Waals surface area contributed by atoms with Crippen LogP contribution in [0, 0.1) is 0 Å². The summed E-state index contributed by atoms with van der Waals surface area (Å²) in [6.45, 7) is 1.43. The third-order valence-electron chi connectivity index (χ3n) is 4.92. The average molecular weight is 387 g/mol. The van der Waals surface area contributed by atoms with Gasteiger partial charge in [-0.1, -0.05) is 31.2 Å². The molecule has 2 aliphatic heterocycles.